The van der Waals surface area contributed by atoms with Gasteiger partial charge in [-0.15, -0.1) is 11.8 Å². The van der Waals surface area contributed by atoms with Crippen molar-refractivity contribution in [2.45, 2.75) is 11.0 Å². The van der Waals surface area contributed by atoms with E-state index >= 15 is 0 Å². The predicted molar refractivity (Wildman–Crippen MR) is 56.7 cm³/mol. The summed E-state index contributed by atoms with van der Waals surface area (Å²) in [5.41, 5.74) is 0. The van der Waals surface area contributed by atoms with Crippen LogP contribution >= 0.6 is 11.8 Å². The predicted octanol–water partition coefficient (Wildman–Crippen LogP) is 1.49. The van der Waals surface area contributed by atoms with E-state index in [0.717, 1.165) is 4.90 Å². The van der Waals surface area contributed by atoms with Gasteiger partial charge in [0.2, 0.25) is 0 Å². The van der Waals surface area contributed by atoms with Crippen LogP contribution in [0.25, 0.3) is 0 Å². The van der Waals surface area contributed by atoms with Gasteiger partial charge >= 0.3 is 0 Å². The summed E-state index contributed by atoms with van der Waals surface area (Å²) in [5, 5.41) is 18.6. The fourth-order valence-electron chi connectivity index (χ4n) is 1.01. The summed E-state index contributed by atoms with van der Waals surface area (Å²) in [4.78, 5) is 0.945. The van der Waals surface area contributed by atoms with E-state index in [1.807, 2.05) is 6.07 Å². The lowest BCUT2D eigenvalue weighted by Crippen LogP contribution is -2.16. The van der Waals surface area contributed by atoms with Gasteiger partial charge in [-0.3, -0.25) is 0 Å². The number of methoxy groups -OCH3 is 1. The lowest BCUT2D eigenvalue weighted by molar-refractivity contribution is 0.0794. The number of hydrogen-bond acceptors (Lipinski definition) is 4. The van der Waals surface area contributed by atoms with Gasteiger partial charge in [0.1, 0.15) is 5.75 Å². The van der Waals surface area contributed by atoms with Crippen molar-refractivity contribution in [1.82, 2.24) is 0 Å². The zero-order valence-corrected chi connectivity index (χ0v) is 8.83. The summed E-state index contributed by atoms with van der Waals surface area (Å²) in [6.45, 7) is 0.339. The average Bonchev–Trinajstić information content (AvgIpc) is 2.15. The maximum absolute atomic E-state index is 9.37. The van der Waals surface area contributed by atoms with E-state index in [2.05, 4.69) is 0 Å². The second-order valence-electron chi connectivity index (χ2n) is 2.92. The Morgan fingerprint density at radius 2 is 2.29 bits per heavy atom. The van der Waals surface area contributed by atoms with Crippen molar-refractivity contribution in [2.24, 2.45) is 0 Å². The van der Waals surface area contributed by atoms with E-state index in [1.54, 1.807) is 25.3 Å². The van der Waals surface area contributed by atoms with Crippen LogP contribution < -0.4 is 0 Å². The molecule has 0 amide bonds. The molecule has 0 aliphatic rings. The van der Waals surface area contributed by atoms with Gasteiger partial charge in [0.05, 0.1) is 12.7 Å². The van der Waals surface area contributed by atoms with E-state index in [9.17, 15) is 10.2 Å². The number of rotatable bonds is 5. The van der Waals surface area contributed by atoms with Crippen LogP contribution in [0.15, 0.2) is 29.2 Å². The van der Waals surface area contributed by atoms with Crippen LogP contribution in [0.4, 0.5) is 0 Å². The Hall–Kier alpha value is -0.710. The number of benzene rings is 1. The first-order valence-electron chi connectivity index (χ1n) is 4.31. The normalized spacial score (nSPS) is 12.7. The van der Waals surface area contributed by atoms with Gasteiger partial charge in [-0.05, 0) is 18.2 Å². The first kappa shape index (κ1) is 11.4. The number of thioether (sulfide) groups is 1. The van der Waals surface area contributed by atoms with Crippen LogP contribution in [0.5, 0.6) is 5.75 Å². The zero-order valence-electron chi connectivity index (χ0n) is 8.01. The lowest BCUT2D eigenvalue weighted by atomic mass is 10.3. The van der Waals surface area contributed by atoms with Gasteiger partial charge in [0, 0.05) is 17.8 Å². The van der Waals surface area contributed by atoms with Gasteiger partial charge < -0.3 is 14.9 Å². The third-order valence-electron chi connectivity index (χ3n) is 1.62. The van der Waals surface area contributed by atoms with Crippen molar-refractivity contribution in [3.05, 3.63) is 24.3 Å². The van der Waals surface area contributed by atoms with Gasteiger partial charge in [-0.25, -0.2) is 0 Å². The van der Waals surface area contributed by atoms with Crippen molar-refractivity contribution in [3.8, 4) is 5.75 Å². The molecule has 0 saturated carbocycles. The van der Waals surface area contributed by atoms with Crippen LogP contribution in [-0.4, -0.2) is 35.8 Å². The van der Waals surface area contributed by atoms with Crippen molar-refractivity contribution in [3.63, 3.8) is 0 Å². The maximum atomic E-state index is 9.37. The molecule has 0 heterocycles. The van der Waals surface area contributed by atoms with Gasteiger partial charge in [-0.2, -0.15) is 0 Å². The molecule has 0 fully saturated rings. The van der Waals surface area contributed by atoms with E-state index < -0.39 is 6.10 Å². The minimum absolute atomic E-state index is 0.247. The van der Waals surface area contributed by atoms with E-state index in [0.29, 0.717) is 12.4 Å². The minimum atomic E-state index is -0.465. The quantitative estimate of drug-likeness (QED) is 0.729. The number of aliphatic hydroxyl groups excluding tert-OH is 1. The molecule has 1 atom stereocenters. The highest BCUT2D eigenvalue weighted by Crippen LogP contribution is 2.22. The molecule has 0 aliphatic carbocycles. The number of aromatic hydroxyl groups is 1. The average molecular weight is 214 g/mol. The fraction of sp³-hybridized carbons (Fsp3) is 0.400. The van der Waals surface area contributed by atoms with Crippen LogP contribution in [0.3, 0.4) is 0 Å². The third-order valence-corrected chi connectivity index (χ3v) is 2.76. The SMILES string of the molecule is COCC(O)CSc1cccc(O)c1. The summed E-state index contributed by atoms with van der Waals surface area (Å²) in [6.07, 6.45) is -0.465. The van der Waals surface area contributed by atoms with Crippen molar-refractivity contribution >= 4 is 11.8 Å². The zero-order chi connectivity index (χ0) is 10.4. The Bertz CT molecular complexity index is 278. The van der Waals surface area contributed by atoms with E-state index in [4.69, 9.17) is 4.74 Å². The monoisotopic (exact) mass is 214 g/mol. The third kappa shape index (κ3) is 4.00. The molecule has 0 aromatic heterocycles. The maximum Gasteiger partial charge on any atom is 0.116 e. The molecule has 1 unspecified atom stereocenters. The molecule has 78 valence electrons. The molecule has 4 heteroatoms. The second kappa shape index (κ2) is 5.90. The summed E-state index contributed by atoms with van der Waals surface area (Å²) < 4.78 is 4.80. The highest BCUT2D eigenvalue weighted by Gasteiger charge is 2.04. The van der Waals surface area contributed by atoms with Gasteiger partial charge in [-0.1, -0.05) is 6.07 Å². The molecule has 1 aromatic rings. The molecule has 1 aromatic carbocycles. The smallest absolute Gasteiger partial charge is 0.116 e. The molecular formula is C10H14O3S. The molecule has 1 rings (SSSR count). The van der Waals surface area contributed by atoms with Crippen molar-refractivity contribution in [2.75, 3.05) is 19.5 Å². The standard InChI is InChI=1S/C10H14O3S/c1-13-6-9(12)7-14-10-4-2-3-8(11)5-10/h2-5,9,11-12H,6-7H2,1H3. The second-order valence-corrected chi connectivity index (χ2v) is 4.01. The van der Waals surface area contributed by atoms with Gasteiger partial charge in [0.25, 0.3) is 0 Å². The first-order valence-corrected chi connectivity index (χ1v) is 5.29. The lowest BCUT2D eigenvalue weighted by Gasteiger charge is -2.08. The molecule has 0 radical (unpaired) electrons. The van der Waals surface area contributed by atoms with E-state index in [1.165, 1.54) is 11.8 Å². The summed E-state index contributed by atoms with van der Waals surface area (Å²) >= 11 is 1.49. The Morgan fingerprint density at radius 1 is 1.50 bits per heavy atom. The minimum Gasteiger partial charge on any atom is -0.508 e. The Kier molecular flexibility index (Phi) is 4.79. The first-order chi connectivity index (χ1) is 6.72. The van der Waals surface area contributed by atoms with E-state index in [-0.39, 0.29) is 5.75 Å². The molecule has 3 nitrogen and oxygen atoms in total. The topological polar surface area (TPSA) is 49.7 Å². The summed E-state index contributed by atoms with van der Waals surface area (Å²) in [7, 11) is 1.56. The molecule has 0 bridgehead atoms. The molecular weight excluding hydrogens is 200 g/mol. The van der Waals surface area contributed by atoms with Crippen LogP contribution in [-0.2, 0) is 4.74 Å². The van der Waals surface area contributed by atoms with Crippen LogP contribution in [0.2, 0.25) is 0 Å². The number of phenols is 1. The highest BCUT2D eigenvalue weighted by atomic mass is 32.2. The van der Waals surface area contributed by atoms with Crippen LogP contribution in [0.1, 0.15) is 0 Å². The van der Waals surface area contributed by atoms with Gasteiger partial charge in [0.15, 0.2) is 0 Å². The number of aliphatic hydroxyl groups is 1. The number of hydrogen-bond donors (Lipinski definition) is 2. The highest BCUT2D eigenvalue weighted by molar-refractivity contribution is 7.99. The fourth-order valence-corrected chi connectivity index (χ4v) is 1.87. The molecule has 0 spiro atoms. The van der Waals surface area contributed by atoms with Crippen molar-refractivity contribution < 1.29 is 14.9 Å². The number of ether oxygens (including phenoxy) is 1. The summed E-state index contributed by atoms with van der Waals surface area (Å²) in [5.74, 6) is 0.813. The Labute approximate surface area is 87.7 Å². The Balaban J connectivity index is 2.37. The molecule has 0 saturated heterocycles. The molecule has 0 aliphatic heterocycles. The van der Waals surface area contributed by atoms with Crippen LogP contribution in [0, 0.1) is 0 Å². The largest absolute Gasteiger partial charge is 0.508 e. The Morgan fingerprint density at radius 3 is 2.93 bits per heavy atom. The van der Waals surface area contributed by atoms with Crippen molar-refractivity contribution in [1.29, 1.82) is 0 Å². The number of phenolic OH excluding ortho intramolecular Hbond substituents is 1. The molecule has 14 heavy (non-hydrogen) atoms. The molecule has 2 N–H and O–H groups in total. The summed E-state index contributed by atoms with van der Waals surface area (Å²) in [6, 6.07) is 6.96.